The Bertz CT molecular complexity index is 1270. The normalized spacial score (nSPS) is 11.6. The number of nitrogens with two attached hydrogens (primary N) is 1. The van der Waals surface area contributed by atoms with E-state index in [9.17, 15) is 18.0 Å². The molecule has 1 heterocycles. The molecule has 1 amide bonds. The summed E-state index contributed by atoms with van der Waals surface area (Å²) in [6.07, 6.45) is 4.13. The number of benzene rings is 2. The Labute approximate surface area is 197 Å². The van der Waals surface area contributed by atoms with Gasteiger partial charge in [-0.05, 0) is 36.2 Å². The van der Waals surface area contributed by atoms with Crippen LogP contribution >= 0.6 is 11.8 Å². The van der Waals surface area contributed by atoms with Crippen LogP contribution in [0.2, 0.25) is 0 Å². The maximum atomic E-state index is 13.0. The average Bonchev–Trinajstić information content (AvgIpc) is 2.80. The lowest BCUT2D eigenvalue weighted by Gasteiger charge is -2.13. The van der Waals surface area contributed by atoms with E-state index in [0.29, 0.717) is 22.6 Å². The molecule has 0 unspecified atom stereocenters. The highest BCUT2D eigenvalue weighted by Crippen LogP contribution is 2.19. The van der Waals surface area contributed by atoms with Gasteiger partial charge in [-0.2, -0.15) is 0 Å². The first kappa shape index (κ1) is 24.9. The molecule has 10 heteroatoms. The van der Waals surface area contributed by atoms with E-state index in [-0.39, 0.29) is 28.7 Å². The van der Waals surface area contributed by atoms with Gasteiger partial charge in [0.2, 0.25) is 15.9 Å². The van der Waals surface area contributed by atoms with E-state index < -0.39 is 10.0 Å². The zero-order valence-electron chi connectivity index (χ0n) is 18.5. The maximum absolute atomic E-state index is 13.0. The summed E-state index contributed by atoms with van der Waals surface area (Å²) in [5.41, 5.74) is 1.28. The number of nitrogens with zero attached hydrogens (tertiary/aromatic N) is 2. The third-order valence-corrected chi connectivity index (χ3v) is 7.04. The fraction of sp³-hybridized carbons (Fsp3) is 0.348. The first-order chi connectivity index (χ1) is 15.8. The number of rotatable bonds is 11. The Morgan fingerprint density at radius 2 is 1.82 bits per heavy atom. The van der Waals surface area contributed by atoms with Gasteiger partial charge in [-0.25, -0.2) is 18.5 Å². The molecule has 0 saturated carbocycles. The van der Waals surface area contributed by atoms with E-state index in [1.807, 2.05) is 12.1 Å². The summed E-state index contributed by atoms with van der Waals surface area (Å²) in [4.78, 5) is 30.1. The van der Waals surface area contributed by atoms with Gasteiger partial charge < -0.3 is 5.32 Å². The molecular weight excluding hydrogens is 460 g/mol. The fourth-order valence-corrected chi connectivity index (χ4v) is 4.70. The summed E-state index contributed by atoms with van der Waals surface area (Å²) in [7, 11) is -3.75. The van der Waals surface area contributed by atoms with Gasteiger partial charge in [0.15, 0.2) is 5.16 Å². The predicted molar refractivity (Wildman–Crippen MR) is 131 cm³/mol. The number of amides is 1. The molecule has 176 valence electrons. The SMILES string of the molecule is CCCCCCn1c(SCC(=O)NCc2ccc(S(N)(=O)=O)cc2)nc2ccccc2c1=O. The van der Waals surface area contributed by atoms with Crippen molar-refractivity contribution in [1.29, 1.82) is 0 Å². The lowest BCUT2D eigenvalue weighted by atomic mass is 10.2. The molecule has 1 aromatic heterocycles. The molecule has 0 aliphatic carbocycles. The number of primary sulfonamides is 1. The molecule has 3 aromatic rings. The van der Waals surface area contributed by atoms with Gasteiger partial charge >= 0.3 is 0 Å². The van der Waals surface area contributed by atoms with E-state index >= 15 is 0 Å². The molecule has 0 bridgehead atoms. The van der Waals surface area contributed by atoms with Crippen LogP contribution in [0.5, 0.6) is 0 Å². The third-order valence-electron chi connectivity index (χ3n) is 5.14. The second-order valence-electron chi connectivity index (χ2n) is 7.68. The molecule has 0 spiro atoms. The summed E-state index contributed by atoms with van der Waals surface area (Å²) >= 11 is 1.23. The van der Waals surface area contributed by atoms with Crippen LogP contribution in [-0.2, 0) is 27.9 Å². The van der Waals surface area contributed by atoms with Crippen LogP contribution in [0.1, 0.15) is 38.2 Å². The first-order valence-electron chi connectivity index (χ1n) is 10.8. The second-order valence-corrected chi connectivity index (χ2v) is 10.2. The molecule has 0 radical (unpaired) electrons. The Kier molecular flexibility index (Phi) is 8.65. The number of aromatic nitrogens is 2. The van der Waals surface area contributed by atoms with E-state index in [4.69, 9.17) is 5.14 Å². The van der Waals surface area contributed by atoms with Crippen LogP contribution < -0.4 is 16.0 Å². The van der Waals surface area contributed by atoms with Crippen molar-refractivity contribution in [1.82, 2.24) is 14.9 Å². The predicted octanol–water partition coefficient (Wildman–Crippen LogP) is 3.03. The number of fused-ring (bicyclic) bond motifs is 1. The van der Waals surface area contributed by atoms with Crippen molar-refractivity contribution in [2.24, 2.45) is 5.14 Å². The number of carbonyl (C=O) groups is 1. The molecule has 0 fully saturated rings. The van der Waals surface area contributed by atoms with E-state index in [1.54, 1.807) is 28.8 Å². The molecule has 3 N–H and O–H groups in total. The van der Waals surface area contributed by atoms with Crippen molar-refractivity contribution in [3.05, 3.63) is 64.4 Å². The Hall–Kier alpha value is -2.69. The highest BCUT2D eigenvalue weighted by Gasteiger charge is 2.13. The van der Waals surface area contributed by atoms with Gasteiger partial charge in [-0.3, -0.25) is 14.2 Å². The summed E-state index contributed by atoms with van der Waals surface area (Å²) in [6.45, 7) is 2.95. The number of hydrogen-bond donors (Lipinski definition) is 2. The van der Waals surface area contributed by atoms with E-state index in [2.05, 4.69) is 17.2 Å². The van der Waals surface area contributed by atoms with Crippen LogP contribution in [0.4, 0.5) is 0 Å². The number of sulfonamides is 1. The van der Waals surface area contributed by atoms with Crippen molar-refractivity contribution in [3.8, 4) is 0 Å². The minimum atomic E-state index is -3.75. The first-order valence-corrected chi connectivity index (χ1v) is 13.3. The second kappa shape index (κ2) is 11.4. The van der Waals surface area contributed by atoms with Gasteiger partial charge in [0.05, 0.1) is 21.6 Å². The summed E-state index contributed by atoms with van der Waals surface area (Å²) in [5, 5.41) is 9.00. The molecule has 0 atom stereocenters. The monoisotopic (exact) mass is 488 g/mol. The van der Waals surface area contributed by atoms with Crippen LogP contribution in [0.15, 0.2) is 63.4 Å². The van der Waals surface area contributed by atoms with Crippen molar-refractivity contribution in [3.63, 3.8) is 0 Å². The minimum Gasteiger partial charge on any atom is -0.351 e. The van der Waals surface area contributed by atoms with Crippen LogP contribution in [0.25, 0.3) is 10.9 Å². The highest BCUT2D eigenvalue weighted by molar-refractivity contribution is 7.99. The van der Waals surface area contributed by atoms with E-state index in [0.717, 1.165) is 31.2 Å². The summed E-state index contributed by atoms with van der Waals surface area (Å²) in [5.74, 6) is -0.106. The van der Waals surface area contributed by atoms with Gasteiger partial charge in [0.25, 0.3) is 5.56 Å². The number of thioether (sulfide) groups is 1. The number of para-hydroxylation sites is 1. The fourth-order valence-electron chi connectivity index (χ4n) is 3.33. The molecule has 0 aliphatic heterocycles. The van der Waals surface area contributed by atoms with Gasteiger partial charge in [0.1, 0.15) is 0 Å². The van der Waals surface area contributed by atoms with Crippen LogP contribution in [-0.4, -0.2) is 29.6 Å². The maximum Gasteiger partial charge on any atom is 0.262 e. The van der Waals surface area contributed by atoms with Gasteiger partial charge in [0, 0.05) is 13.1 Å². The van der Waals surface area contributed by atoms with Crippen molar-refractivity contribution in [2.75, 3.05) is 5.75 Å². The average molecular weight is 489 g/mol. The number of hydrogen-bond acceptors (Lipinski definition) is 6. The van der Waals surface area contributed by atoms with Crippen LogP contribution in [0, 0.1) is 0 Å². The molecule has 0 aliphatic rings. The van der Waals surface area contributed by atoms with Crippen molar-refractivity contribution >= 4 is 38.6 Å². The number of unbranched alkanes of at least 4 members (excludes halogenated alkanes) is 3. The zero-order valence-corrected chi connectivity index (χ0v) is 20.1. The lowest BCUT2D eigenvalue weighted by molar-refractivity contribution is -0.118. The Balaban J connectivity index is 1.66. The molecule has 0 saturated heterocycles. The topological polar surface area (TPSA) is 124 Å². The minimum absolute atomic E-state index is 0.0208. The largest absolute Gasteiger partial charge is 0.351 e. The van der Waals surface area contributed by atoms with Gasteiger partial charge in [-0.15, -0.1) is 0 Å². The number of nitrogens with one attached hydrogen (secondary N) is 1. The Morgan fingerprint density at radius 3 is 2.52 bits per heavy atom. The zero-order chi connectivity index (χ0) is 23.8. The standard InChI is InChI=1S/C23H28N4O4S2/c1-2-3-4-7-14-27-22(29)19-8-5-6-9-20(19)26-23(27)32-16-21(28)25-15-17-10-12-18(13-11-17)33(24,30)31/h5-6,8-13H,2-4,7,14-16H2,1H3,(H,25,28)(H2,24,30,31). The Morgan fingerprint density at radius 1 is 1.09 bits per heavy atom. The summed E-state index contributed by atoms with van der Waals surface area (Å²) < 4.78 is 24.3. The highest BCUT2D eigenvalue weighted by atomic mass is 32.2. The van der Waals surface area contributed by atoms with Crippen molar-refractivity contribution in [2.45, 2.75) is 55.7 Å². The quantitative estimate of drug-likeness (QED) is 0.243. The third kappa shape index (κ3) is 6.89. The molecular formula is C23H28N4O4S2. The molecule has 8 nitrogen and oxygen atoms in total. The number of carbonyl (C=O) groups excluding carboxylic acids is 1. The summed E-state index contributed by atoms with van der Waals surface area (Å²) in [6, 6.07) is 13.2. The molecule has 33 heavy (non-hydrogen) atoms. The smallest absolute Gasteiger partial charge is 0.262 e. The van der Waals surface area contributed by atoms with Crippen LogP contribution in [0.3, 0.4) is 0 Å². The molecule has 3 rings (SSSR count). The van der Waals surface area contributed by atoms with E-state index in [1.165, 1.54) is 23.9 Å². The van der Waals surface area contributed by atoms with Gasteiger partial charge in [-0.1, -0.05) is 62.2 Å². The molecule has 2 aromatic carbocycles. The lowest BCUT2D eigenvalue weighted by Crippen LogP contribution is -2.27. The van der Waals surface area contributed by atoms with Crippen molar-refractivity contribution < 1.29 is 13.2 Å².